The van der Waals surface area contributed by atoms with Gasteiger partial charge in [-0.15, -0.1) is 0 Å². The van der Waals surface area contributed by atoms with Gasteiger partial charge < -0.3 is 0 Å². The Morgan fingerprint density at radius 1 is 1.31 bits per heavy atom. The maximum absolute atomic E-state index is 11.4. The van der Waals surface area contributed by atoms with Crippen molar-refractivity contribution >= 4 is 5.91 Å². The molecule has 13 heavy (non-hydrogen) atoms. The molecule has 1 N–H and O–H groups in total. The summed E-state index contributed by atoms with van der Waals surface area (Å²) < 4.78 is 0. The molecule has 0 heterocycles. The zero-order valence-corrected chi connectivity index (χ0v) is 8.49. The Morgan fingerprint density at radius 2 is 1.85 bits per heavy atom. The molecule has 0 aliphatic heterocycles. The largest absolute Gasteiger partial charge is 0.286 e. The first kappa shape index (κ1) is 10.5. The molecule has 1 aliphatic carbocycles. The lowest BCUT2D eigenvalue weighted by Gasteiger charge is -2.30. The number of rotatable bonds is 2. The van der Waals surface area contributed by atoms with Crippen molar-refractivity contribution in [3.63, 3.8) is 0 Å². The summed E-state index contributed by atoms with van der Waals surface area (Å²) in [6.07, 6.45) is 5.41. The fraction of sp³-hybridized carbons (Fsp3) is 0.900. The number of hydrogen-bond acceptors (Lipinski definition) is 2. The molecule has 1 aliphatic rings. The van der Waals surface area contributed by atoms with Gasteiger partial charge in [-0.25, -0.2) is 5.06 Å². The fourth-order valence-electron chi connectivity index (χ4n) is 1.77. The van der Waals surface area contributed by atoms with Crippen LogP contribution in [0.15, 0.2) is 0 Å². The van der Waals surface area contributed by atoms with Crippen molar-refractivity contribution in [2.75, 3.05) is 0 Å². The van der Waals surface area contributed by atoms with E-state index >= 15 is 0 Å². The molecule has 1 rings (SSSR count). The minimum Gasteiger partial charge on any atom is -0.286 e. The highest BCUT2D eigenvalue weighted by molar-refractivity contribution is 5.77. The van der Waals surface area contributed by atoms with Crippen LogP contribution in [0.5, 0.6) is 0 Å². The van der Waals surface area contributed by atoms with Gasteiger partial charge in [-0.2, -0.15) is 0 Å². The van der Waals surface area contributed by atoms with Crippen LogP contribution in [0.1, 0.15) is 46.0 Å². The molecule has 0 aromatic carbocycles. The Balaban J connectivity index is 2.45. The molecule has 0 bridgehead atoms. The van der Waals surface area contributed by atoms with Crippen LogP contribution >= 0.6 is 0 Å². The summed E-state index contributed by atoms with van der Waals surface area (Å²) in [4.78, 5) is 11.4. The predicted octanol–water partition coefficient (Wildman–Crippen LogP) is 2.19. The quantitative estimate of drug-likeness (QED) is 0.529. The molecule has 3 nitrogen and oxygen atoms in total. The van der Waals surface area contributed by atoms with Gasteiger partial charge in [0.15, 0.2) is 0 Å². The molecule has 76 valence electrons. The van der Waals surface area contributed by atoms with Crippen molar-refractivity contribution < 1.29 is 10.0 Å². The third-order valence-corrected chi connectivity index (χ3v) is 2.64. The molecular formula is C10H19NO2. The minimum absolute atomic E-state index is 0.0728. The van der Waals surface area contributed by atoms with Crippen LogP contribution in [-0.4, -0.2) is 22.2 Å². The average Bonchev–Trinajstić information content (AvgIpc) is 2.17. The van der Waals surface area contributed by atoms with E-state index in [2.05, 4.69) is 0 Å². The second-order valence-corrected chi connectivity index (χ2v) is 4.13. The lowest BCUT2D eigenvalue weighted by atomic mass is 9.95. The van der Waals surface area contributed by atoms with E-state index in [9.17, 15) is 10.0 Å². The van der Waals surface area contributed by atoms with Gasteiger partial charge in [-0.3, -0.25) is 10.0 Å². The van der Waals surface area contributed by atoms with E-state index in [-0.39, 0.29) is 17.9 Å². The maximum atomic E-state index is 11.4. The highest BCUT2D eigenvalue weighted by atomic mass is 16.5. The van der Waals surface area contributed by atoms with E-state index < -0.39 is 0 Å². The first-order chi connectivity index (χ1) is 6.13. The van der Waals surface area contributed by atoms with Crippen LogP contribution in [0.2, 0.25) is 0 Å². The minimum atomic E-state index is -0.146. The monoisotopic (exact) mass is 185 g/mol. The number of amides is 1. The zero-order valence-electron chi connectivity index (χ0n) is 8.49. The van der Waals surface area contributed by atoms with E-state index in [1.54, 1.807) is 0 Å². The molecule has 3 heteroatoms. The third kappa shape index (κ3) is 2.69. The summed E-state index contributed by atoms with van der Waals surface area (Å²) >= 11 is 0. The molecule has 0 aromatic heterocycles. The van der Waals surface area contributed by atoms with Gasteiger partial charge in [0, 0.05) is 5.92 Å². The molecule has 0 spiro atoms. The molecular weight excluding hydrogens is 166 g/mol. The van der Waals surface area contributed by atoms with Crippen molar-refractivity contribution in [3.8, 4) is 0 Å². The SMILES string of the molecule is CC(C)C(=O)N(O)C1CCCCC1. The molecule has 0 saturated heterocycles. The Hall–Kier alpha value is -0.570. The van der Waals surface area contributed by atoms with Gasteiger partial charge in [0.1, 0.15) is 0 Å². The summed E-state index contributed by atoms with van der Waals surface area (Å²) in [7, 11) is 0. The predicted molar refractivity (Wildman–Crippen MR) is 50.3 cm³/mol. The van der Waals surface area contributed by atoms with E-state index in [1.165, 1.54) is 6.42 Å². The molecule has 1 fully saturated rings. The summed E-state index contributed by atoms with van der Waals surface area (Å²) in [5, 5.41) is 10.6. The van der Waals surface area contributed by atoms with Crippen molar-refractivity contribution in [3.05, 3.63) is 0 Å². The first-order valence-electron chi connectivity index (χ1n) is 5.15. The number of carbonyl (C=O) groups is 1. The normalized spacial score (nSPS) is 19.1. The van der Waals surface area contributed by atoms with Gasteiger partial charge in [0.2, 0.25) is 5.91 Å². The van der Waals surface area contributed by atoms with Gasteiger partial charge >= 0.3 is 0 Å². The first-order valence-corrected chi connectivity index (χ1v) is 5.15. The fourth-order valence-corrected chi connectivity index (χ4v) is 1.77. The maximum Gasteiger partial charge on any atom is 0.248 e. The van der Waals surface area contributed by atoms with E-state index in [4.69, 9.17) is 0 Å². The molecule has 0 atom stereocenters. The smallest absolute Gasteiger partial charge is 0.248 e. The van der Waals surface area contributed by atoms with Gasteiger partial charge in [-0.1, -0.05) is 33.1 Å². The van der Waals surface area contributed by atoms with Crippen molar-refractivity contribution in [2.24, 2.45) is 5.92 Å². The third-order valence-electron chi connectivity index (χ3n) is 2.64. The van der Waals surface area contributed by atoms with Crippen LogP contribution in [0, 0.1) is 5.92 Å². The molecule has 0 radical (unpaired) electrons. The van der Waals surface area contributed by atoms with Crippen molar-refractivity contribution in [1.29, 1.82) is 0 Å². The number of hydroxylamine groups is 2. The Kier molecular flexibility index (Phi) is 3.72. The summed E-state index contributed by atoms with van der Waals surface area (Å²) in [5.41, 5.74) is 0. The average molecular weight is 185 g/mol. The highest BCUT2D eigenvalue weighted by Crippen LogP contribution is 2.22. The van der Waals surface area contributed by atoms with Crippen LogP contribution in [-0.2, 0) is 4.79 Å². The highest BCUT2D eigenvalue weighted by Gasteiger charge is 2.25. The molecule has 1 amide bonds. The van der Waals surface area contributed by atoms with Crippen LogP contribution < -0.4 is 0 Å². The number of hydrogen-bond donors (Lipinski definition) is 1. The molecule has 1 saturated carbocycles. The second kappa shape index (κ2) is 4.61. The Bertz CT molecular complexity index is 174. The summed E-state index contributed by atoms with van der Waals surface area (Å²) in [5.74, 6) is -0.251. The topological polar surface area (TPSA) is 40.5 Å². The lowest BCUT2D eigenvalue weighted by Crippen LogP contribution is -2.40. The number of nitrogens with zero attached hydrogens (tertiary/aromatic N) is 1. The molecule has 0 unspecified atom stereocenters. The van der Waals surface area contributed by atoms with E-state index in [0.29, 0.717) is 0 Å². The second-order valence-electron chi connectivity index (χ2n) is 4.13. The lowest BCUT2D eigenvalue weighted by molar-refractivity contribution is -0.182. The van der Waals surface area contributed by atoms with Crippen molar-refractivity contribution in [2.45, 2.75) is 52.0 Å². The van der Waals surface area contributed by atoms with E-state index in [0.717, 1.165) is 30.7 Å². The Morgan fingerprint density at radius 3 is 2.31 bits per heavy atom. The van der Waals surface area contributed by atoms with Crippen LogP contribution in [0.4, 0.5) is 0 Å². The van der Waals surface area contributed by atoms with Gasteiger partial charge in [0.25, 0.3) is 0 Å². The number of carbonyl (C=O) groups excluding carboxylic acids is 1. The standard InChI is InChI=1S/C10H19NO2/c1-8(2)10(12)11(13)9-6-4-3-5-7-9/h8-9,13H,3-7H2,1-2H3. The van der Waals surface area contributed by atoms with E-state index in [1.807, 2.05) is 13.8 Å². The van der Waals surface area contributed by atoms with Crippen LogP contribution in [0.3, 0.4) is 0 Å². The summed E-state index contributed by atoms with van der Waals surface area (Å²) in [6, 6.07) is 0.0728. The van der Waals surface area contributed by atoms with Gasteiger partial charge in [0.05, 0.1) is 6.04 Å². The van der Waals surface area contributed by atoms with Gasteiger partial charge in [-0.05, 0) is 12.8 Å². The van der Waals surface area contributed by atoms with Crippen LogP contribution in [0.25, 0.3) is 0 Å². The molecule has 0 aromatic rings. The van der Waals surface area contributed by atoms with Crippen molar-refractivity contribution in [1.82, 2.24) is 5.06 Å². The summed E-state index contributed by atoms with van der Waals surface area (Å²) in [6.45, 7) is 3.63. The Labute approximate surface area is 79.7 Å². The zero-order chi connectivity index (χ0) is 9.84.